The van der Waals surface area contributed by atoms with Gasteiger partial charge in [-0.15, -0.1) is 0 Å². The maximum Gasteiger partial charge on any atom is 0.0547 e. The van der Waals surface area contributed by atoms with Gasteiger partial charge < -0.3 is 4.57 Å². The molecule has 0 amide bonds. The zero-order valence-electron chi connectivity index (χ0n) is 23.7. The van der Waals surface area contributed by atoms with Crippen LogP contribution in [0, 0.1) is 0 Å². The summed E-state index contributed by atoms with van der Waals surface area (Å²) in [5.74, 6) is 0. The smallest absolute Gasteiger partial charge is 0.0547 e. The van der Waals surface area contributed by atoms with Gasteiger partial charge in [0.25, 0.3) is 0 Å². The third-order valence-electron chi connectivity index (χ3n) is 8.41. The van der Waals surface area contributed by atoms with E-state index >= 15 is 0 Å². The van der Waals surface area contributed by atoms with Gasteiger partial charge in [0, 0.05) is 16.5 Å². The Morgan fingerprint density at radius 2 is 0.698 bits per heavy atom. The third-order valence-corrected chi connectivity index (χ3v) is 8.41. The van der Waals surface area contributed by atoms with E-state index in [4.69, 9.17) is 0 Å². The number of nitrogens with zero attached hydrogens (tertiary/aromatic N) is 1. The van der Waals surface area contributed by atoms with Crippen molar-refractivity contribution < 1.29 is 0 Å². The molecule has 8 aromatic rings. The van der Waals surface area contributed by atoms with Gasteiger partial charge in [-0.1, -0.05) is 146 Å². The van der Waals surface area contributed by atoms with E-state index in [2.05, 4.69) is 180 Å². The number of para-hydroxylation sites is 1. The first kappa shape index (κ1) is 25.1. The molecule has 1 nitrogen and oxygen atoms in total. The molecule has 1 aromatic heterocycles. The molecule has 0 N–H and O–H groups in total. The quantitative estimate of drug-likeness (QED) is 0.202. The normalized spacial score (nSPS) is 11.3. The number of fused-ring (bicyclic) bond motifs is 3. The van der Waals surface area contributed by atoms with Crippen LogP contribution in [0.4, 0.5) is 0 Å². The van der Waals surface area contributed by atoms with Crippen LogP contribution in [-0.4, -0.2) is 4.57 Å². The minimum Gasteiger partial charge on any atom is -0.309 e. The second-order valence-electron chi connectivity index (χ2n) is 11.0. The van der Waals surface area contributed by atoms with Gasteiger partial charge >= 0.3 is 0 Å². The second-order valence-corrected chi connectivity index (χ2v) is 11.0. The fraction of sp³-hybridized carbons (Fsp3) is 0. The first-order chi connectivity index (χ1) is 21.3. The highest BCUT2D eigenvalue weighted by atomic mass is 15.0. The van der Waals surface area contributed by atoms with Crippen LogP contribution in [0.5, 0.6) is 0 Å². The van der Waals surface area contributed by atoms with Gasteiger partial charge in [-0.3, -0.25) is 0 Å². The maximum absolute atomic E-state index is 2.41. The molecule has 0 saturated heterocycles. The summed E-state index contributed by atoms with van der Waals surface area (Å²) >= 11 is 0. The van der Waals surface area contributed by atoms with Crippen LogP contribution in [0.3, 0.4) is 0 Å². The number of benzene rings is 7. The highest BCUT2D eigenvalue weighted by Gasteiger charge is 2.14. The molecule has 202 valence electrons. The van der Waals surface area contributed by atoms with E-state index in [0.29, 0.717) is 0 Å². The lowest BCUT2D eigenvalue weighted by molar-refractivity contribution is 1.18. The van der Waals surface area contributed by atoms with Crippen LogP contribution in [0.2, 0.25) is 0 Å². The minimum atomic E-state index is 1.16. The van der Waals surface area contributed by atoms with Crippen molar-refractivity contribution in [1.29, 1.82) is 0 Å². The molecule has 0 radical (unpaired) electrons. The van der Waals surface area contributed by atoms with Crippen LogP contribution in [0.15, 0.2) is 176 Å². The summed E-state index contributed by atoms with van der Waals surface area (Å²) < 4.78 is 2.41. The lowest BCUT2D eigenvalue weighted by atomic mass is 9.97. The van der Waals surface area contributed by atoms with E-state index in [9.17, 15) is 0 Å². The molecule has 1 heterocycles. The van der Waals surface area contributed by atoms with E-state index in [-0.39, 0.29) is 0 Å². The molecule has 43 heavy (non-hydrogen) atoms. The van der Waals surface area contributed by atoms with Gasteiger partial charge in [0.1, 0.15) is 0 Å². The average Bonchev–Trinajstić information content (AvgIpc) is 3.43. The van der Waals surface area contributed by atoms with E-state index < -0.39 is 0 Å². The summed E-state index contributed by atoms with van der Waals surface area (Å²) in [6, 6.07) is 63.4. The van der Waals surface area contributed by atoms with Crippen molar-refractivity contribution in [1.82, 2.24) is 4.57 Å². The van der Waals surface area contributed by atoms with Crippen molar-refractivity contribution in [3.05, 3.63) is 176 Å². The van der Waals surface area contributed by atoms with Gasteiger partial charge in [0.2, 0.25) is 0 Å². The van der Waals surface area contributed by atoms with Crippen LogP contribution < -0.4 is 0 Å². The summed E-state index contributed by atoms with van der Waals surface area (Å²) in [4.78, 5) is 0. The highest BCUT2D eigenvalue weighted by Crippen LogP contribution is 2.36. The molecule has 0 bridgehead atoms. The summed E-state index contributed by atoms with van der Waals surface area (Å²) in [5, 5.41) is 2.53. The second kappa shape index (κ2) is 10.6. The molecule has 0 unspecified atom stereocenters. The Bertz CT molecular complexity index is 2200. The minimum absolute atomic E-state index is 1.16. The number of hydrogen-bond donors (Lipinski definition) is 0. The average molecular weight is 548 g/mol. The van der Waals surface area contributed by atoms with Crippen LogP contribution in [0.25, 0.3) is 72.0 Å². The van der Waals surface area contributed by atoms with Crippen molar-refractivity contribution in [3.8, 4) is 50.2 Å². The van der Waals surface area contributed by atoms with Gasteiger partial charge in [0.05, 0.1) is 11.0 Å². The number of rotatable bonds is 5. The Labute approximate surface area is 251 Å². The Morgan fingerprint density at radius 3 is 1.42 bits per heavy atom. The van der Waals surface area contributed by atoms with Gasteiger partial charge in [-0.05, 0) is 74.8 Å². The SMILES string of the molecule is c1ccc(-c2ccc(-c3cccc(-c4cccc(-n5c6ccccc6c6ccc(-c7ccccc7)cc65)c4)c3)cc2)cc1. The molecular formula is C42H29N. The molecule has 0 fully saturated rings. The summed E-state index contributed by atoms with van der Waals surface area (Å²) in [6.45, 7) is 0. The Morgan fingerprint density at radius 1 is 0.256 bits per heavy atom. The molecular weight excluding hydrogens is 518 g/mol. The van der Waals surface area contributed by atoms with E-state index in [0.717, 1.165) is 5.69 Å². The summed E-state index contributed by atoms with van der Waals surface area (Å²) in [6.07, 6.45) is 0. The molecule has 8 rings (SSSR count). The Balaban J connectivity index is 1.21. The van der Waals surface area contributed by atoms with E-state index in [1.807, 2.05) is 0 Å². The topological polar surface area (TPSA) is 4.93 Å². The molecule has 0 aliphatic carbocycles. The predicted octanol–water partition coefficient (Wildman–Crippen LogP) is 11.5. The van der Waals surface area contributed by atoms with Gasteiger partial charge in [-0.25, -0.2) is 0 Å². The van der Waals surface area contributed by atoms with Crippen molar-refractivity contribution in [2.24, 2.45) is 0 Å². The van der Waals surface area contributed by atoms with Crippen molar-refractivity contribution in [2.75, 3.05) is 0 Å². The molecule has 1 heteroatoms. The standard InChI is InChI=1S/C42H29N/c1-3-11-30(12-4-1)32-21-23-33(24-22-32)34-15-9-16-35(27-34)36-17-10-18-38(28-36)43-41-20-8-7-19-39(41)40-26-25-37(29-42(40)43)31-13-5-2-6-14-31/h1-29H. The Hall–Kier alpha value is -5.66. The first-order valence-electron chi connectivity index (χ1n) is 14.8. The number of aromatic nitrogens is 1. The van der Waals surface area contributed by atoms with Gasteiger partial charge in [-0.2, -0.15) is 0 Å². The van der Waals surface area contributed by atoms with Crippen LogP contribution >= 0.6 is 0 Å². The number of hydrogen-bond acceptors (Lipinski definition) is 0. The Kier molecular flexibility index (Phi) is 6.20. The van der Waals surface area contributed by atoms with Gasteiger partial charge in [0.15, 0.2) is 0 Å². The van der Waals surface area contributed by atoms with Crippen molar-refractivity contribution in [3.63, 3.8) is 0 Å². The predicted molar refractivity (Wildman–Crippen MR) is 183 cm³/mol. The molecule has 0 aliphatic heterocycles. The molecule has 7 aromatic carbocycles. The van der Waals surface area contributed by atoms with Crippen molar-refractivity contribution in [2.45, 2.75) is 0 Å². The summed E-state index contributed by atoms with van der Waals surface area (Å²) in [7, 11) is 0. The van der Waals surface area contributed by atoms with Crippen molar-refractivity contribution >= 4 is 21.8 Å². The third kappa shape index (κ3) is 4.62. The van der Waals surface area contributed by atoms with Crippen LogP contribution in [-0.2, 0) is 0 Å². The molecule has 0 aliphatic rings. The highest BCUT2D eigenvalue weighted by molar-refractivity contribution is 6.10. The van der Waals surface area contributed by atoms with E-state index in [1.54, 1.807) is 0 Å². The fourth-order valence-corrected chi connectivity index (χ4v) is 6.25. The molecule has 0 atom stereocenters. The zero-order chi connectivity index (χ0) is 28.6. The summed E-state index contributed by atoms with van der Waals surface area (Å²) in [5.41, 5.74) is 13.3. The van der Waals surface area contributed by atoms with Crippen LogP contribution in [0.1, 0.15) is 0 Å². The monoisotopic (exact) mass is 547 g/mol. The lowest BCUT2D eigenvalue weighted by Crippen LogP contribution is -1.94. The lowest BCUT2D eigenvalue weighted by Gasteiger charge is -2.12. The largest absolute Gasteiger partial charge is 0.309 e. The molecule has 0 spiro atoms. The maximum atomic E-state index is 2.41. The zero-order valence-corrected chi connectivity index (χ0v) is 23.7. The first-order valence-corrected chi connectivity index (χ1v) is 14.8. The molecule has 0 saturated carbocycles. The fourth-order valence-electron chi connectivity index (χ4n) is 6.25. The van der Waals surface area contributed by atoms with E-state index in [1.165, 1.54) is 66.3 Å².